The molecule has 0 amide bonds. The third kappa shape index (κ3) is 3.50. The minimum atomic E-state index is 1.08. The Labute approximate surface area is 129 Å². The Morgan fingerprint density at radius 1 is 1.05 bits per heavy atom. The van der Waals surface area contributed by atoms with Gasteiger partial charge in [0.15, 0.2) is 0 Å². The largest absolute Gasteiger partial charge is 0.312 e. The van der Waals surface area contributed by atoms with E-state index in [-0.39, 0.29) is 0 Å². The Kier molecular flexibility index (Phi) is 4.89. The summed E-state index contributed by atoms with van der Waals surface area (Å²) in [6.07, 6.45) is 3.84. The van der Waals surface area contributed by atoms with Gasteiger partial charge in [-0.1, -0.05) is 0 Å². The normalized spacial score (nSPS) is 18.4. The van der Waals surface area contributed by atoms with Crippen molar-refractivity contribution in [2.75, 3.05) is 20.1 Å². The highest BCUT2D eigenvalue weighted by atomic mass is 32.1. The molecule has 0 radical (unpaired) electrons. The fraction of sp³-hybridized carbons (Fsp3) is 0.500. The van der Waals surface area contributed by atoms with Gasteiger partial charge in [0.25, 0.3) is 0 Å². The number of rotatable bonds is 0. The standard InChI is InChI=1S/C9H13NS.C7H9NS/c1-10-5-2-3-9-8(7-10)4-6-11-9;1-3-8-5-6-2-4-9-7(1)6/h4,6H,2-3,5,7H2,1H3;2,4,8H,1,3,5H2. The van der Waals surface area contributed by atoms with E-state index >= 15 is 0 Å². The zero-order chi connectivity index (χ0) is 13.8. The van der Waals surface area contributed by atoms with Crippen LogP contribution in [0, 0.1) is 0 Å². The highest BCUT2D eigenvalue weighted by molar-refractivity contribution is 7.10. The lowest BCUT2D eigenvalue weighted by molar-refractivity contribution is 0.332. The highest BCUT2D eigenvalue weighted by Crippen LogP contribution is 2.22. The molecule has 0 fully saturated rings. The molecule has 0 bridgehead atoms. The maximum Gasteiger partial charge on any atom is 0.0241 e. The monoisotopic (exact) mass is 306 g/mol. The Morgan fingerprint density at radius 2 is 1.80 bits per heavy atom. The number of fused-ring (bicyclic) bond motifs is 2. The van der Waals surface area contributed by atoms with E-state index in [1.165, 1.54) is 31.4 Å². The zero-order valence-electron chi connectivity index (χ0n) is 12.0. The summed E-state index contributed by atoms with van der Waals surface area (Å²) in [4.78, 5) is 5.58. The Bertz CT molecular complexity index is 524. The average molecular weight is 307 g/mol. The van der Waals surface area contributed by atoms with E-state index in [1.807, 2.05) is 22.7 Å². The molecule has 0 saturated carbocycles. The summed E-state index contributed by atoms with van der Waals surface area (Å²) >= 11 is 3.80. The van der Waals surface area contributed by atoms with Crippen molar-refractivity contribution >= 4 is 22.7 Å². The van der Waals surface area contributed by atoms with Crippen LogP contribution < -0.4 is 5.32 Å². The molecule has 2 aromatic rings. The van der Waals surface area contributed by atoms with Crippen molar-refractivity contribution in [1.29, 1.82) is 0 Å². The van der Waals surface area contributed by atoms with Gasteiger partial charge in [0.2, 0.25) is 0 Å². The van der Waals surface area contributed by atoms with Gasteiger partial charge in [-0.25, -0.2) is 0 Å². The summed E-state index contributed by atoms with van der Waals surface area (Å²) in [5, 5.41) is 7.72. The zero-order valence-corrected chi connectivity index (χ0v) is 13.7. The van der Waals surface area contributed by atoms with Gasteiger partial charge in [-0.05, 0) is 66.9 Å². The first-order chi connectivity index (χ1) is 9.83. The van der Waals surface area contributed by atoms with Gasteiger partial charge >= 0.3 is 0 Å². The number of nitrogens with zero attached hydrogens (tertiary/aromatic N) is 1. The molecule has 0 atom stereocenters. The van der Waals surface area contributed by atoms with Gasteiger partial charge < -0.3 is 10.2 Å². The molecule has 108 valence electrons. The minimum absolute atomic E-state index is 1.08. The summed E-state index contributed by atoms with van der Waals surface area (Å²) in [5.74, 6) is 0. The molecule has 0 spiro atoms. The molecule has 4 heteroatoms. The third-order valence-corrected chi connectivity index (χ3v) is 5.95. The van der Waals surface area contributed by atoms with Crippen LogP contribution in [0.1, 0.15) is 27.3 Å². The van der Waals surface area contributed by atoms with E-state index in [0.717, 1.165) is 19.6 Å². The van der Waals surface area contributed by atoms with Crippen molar-refractivity contribution in [2.24, 2.45) is 0 Å². The van der Waals surface area contributed by atoms with Gasteiger partial charge in [-0.3, -0.25) is 0 Å². The average Bonchev–Trinajstić information content (AvgIpc) is 3.06. The molecule has 0 aliphatic carbocycles. The van der Waals surface area contributed by atoms with Crippen molar-refractivity contribution in [2.45, 2.75) is 32.4 Å². The molecular formula is C16H22N2S2. The number of nitrogens with one attached hydrogen (secondary N) is 1. The van der Waals surface area contributed by atoms with E-state index in [0.29, 0.717) is 0 Å². The second-order valence-corrected chi connectivity index (χ2v) is 7.51. The second-order valence-electron chi connectivity index (χ2n) is 5.51. The first kappa shape index (κ1) is 14.3. The molecule has 2 aromatic heterocycles. The topological polar surface area (TPSA) is 15.3 Å². The molecule has 2 aliphatic heterocycles. The molecule has 0 aromatic carbocycles. The van der Waals surface area contributed by atoms with Gasteiger partial charge in [-0.15, -0.1) is 22.7 Å². The first-order valence-corrected chi connectivity index (χ1v) is 9.08. The summed E-state index contributed by atoms with van der Waals surface area (Å²) < 4.78 is 0. The van der Waals surface area contributed by atoms with Crippen LogP contribution in [0.2, 0.25) is 0 Å². The molecule has 20 heavy (non-hydrogen) atoms. The molecule has 2 nitrogen and oxygen atoms in total. The van der Waals surface area contributed by atoms with Crippen LogP contribution in [0.3, 0.4) is 0 Å². The van der Waals surface area contributed by atoms with Gasteiger partial charge in [0.1, 0.15) is 0 Å². The lowest BCUT2D eigenvalue weighted by atomic mass is 10.1. The third-order valence-electron chi connectivity index (χ3n) is 3.90. The fourth-order valence-corrected chi connectivity index (χ4v) is 4.63. The first-order valence-electron chi connectivity index (χ1n) is 7.32. The van der Waals surface area contributed by atoms with Crippen LogP contribution in [0.15, 0.2) is 22.9 Å². The van der Waals surface area contributed by atoms with Crippen molar-refractivity contribution in [1.82, 2.24) is 10.2 Å². The Balaban J connectivity index is 0.000000123. The number of aryl methyl sites for hydroxylation is 1. The predicted molar refractivity (Wildman–Crippen MR) is 88.7 cm³/mol. The number of hydrogen-bond acceptors (Lipinski definition) is 4. The number of hydrogen-bond donors (Lipinski definition) is 1. The van der Waals surface area contributed by atoms with Gasteiger partial charge in [-0.2, -0.15) is 0 Å². The predicted octanol–water partition coefficient (Wildman–Crippen LogP) is 3.52. The summed E-state index contributed by atoms with van der Waals surface area (Å²) in [6.45, 7) is 4.65. The molecule has 4 rings (SSSR count). The van der Waals surface area contributed by atoms with Crippen LogP contribution in [-0.4, -0.2) is 25.0 Å². The van der Waals surface area contributed by atoms with Gasteiger partial charge in [0.05, 0.1) is 0 Å². The smallest absolute Gasteiger partial charge is 0.0241 e. The van der Waals surface area contributed by atoms with Crippen LogP contribution in [0.4, 0.5) is 0 Å². The van der Waals surface area contributed by atoms with E-state index < -0.39 is 0 Å². The van der Waals surface area contributed by atoms with Crippen LogP contribution in [0.25, 0.3) is 0 Å². The van der Waals surface area contributed by atoms with Crippen LogP contribution >= 0.6 is 22.7 Å². The molecule has 1 N–H and O–H groups in total. The highest BCUT2D eigenvalue weighted by Gasteiger charge is 2.11. The van der Waals surface area contributed by atoms with Gasteiger partial charge in [0, 0.05) is 29.4 Å². The van der Waals surface area contributed by atoms with Crippen molar-refractivity contribution < 1.29 is 0 Å². The lowest BCUT2D eigenvalue weighted by Crippen LogP contribution is -2.21. The van der Waals surface area contributed by atoms with Crippen molar-refractivity contribution in [3.8, 4) is 0 Å². The Morgan fingerprint density at radius 3 is 2.60 bits per heavy atom. The van der Waals surface area contributed by atoms with E-state index in [4.69, 9.17) is 0 Å². The van der Waals surface area contributed by atoms with E-state index in [9.17, 15) is 0 Å². The molecule has 4 heterocycles. The summed E-state index contributed by atoms with van der Waals surface area (Å²) in [5.41, 5.74) is 3.06. The molecular weight excluding hydrogens is 284 g/mol. The van der Waals surface area contributed by atoms with E-state index in [2.05, 4.69) is 40.2 Å². The Hall–Kier alpha value is -0.680. The maximum atomic E-state index is 3.33. The molecule has 0 unspecified atom stereocenters. The summed E-state index contributed by atoms with van der Waals surface area (Å²) in [6, 6.07) is 4.48. The SMILES string of the molecule is CN1CCCc2sccc2C1.c1cc2c(s1)CCNC2. The minimum Gasteiger partial charge on any atom is -0.312 e. The second kappa shape index (κ2) is 6.85. The number of thiophene rings is 2. The summed E-state index contributed by atoms with van der Waals surface area (Å²) in [7, 11) is 2.20. The van der Waals surface area contributed by atoms with Crippen LogP contribution in [0.5, 0.6) is 0 Å². The lowest BCUT2D eigenvalue weighted by Gasteiger charge is -2.11. The quantitative estimate of drug-likeness (QED) is 0.801. The molecule has 2 aliphatic rings. The van der Waals surface area contributed by atoms with Crippen molar-refractivity contribution in [3.63, 3.8) is 0 Å². The maximum absolute atomic E-state index is 3.33. The van der Waals surface area contributed by atoms with Crippen molar-refractivity contribution in [3.05, 3.63) is 43.8 Å². The molecule has 0 saturated heterocycles. The fourth-order valence-electron chi connectivity index (χ4n) is 2.78. The van der Waals surface area contributed by atoms with Crippen LogP contribution in [-0.2, 0) is 25.9 Å². The van der Waals surface area contributed by atoms with E-state index in [1.54, 1.807) is 15.3 Å².